The molecule has 2 N–H and O–H groups in total. The van der Waals surface area contributed by atoms with Crippen LogP contribution in [0.5, 0.6) is 0 Å². The van der Waals surface area contributed by atoms with Crippen LogP contribution in [0, 0.1) is 6.92 Å². The molecule has 1 atom stereocenters. The van der Waals surface area contributed by atoms with Gasteiger partial charge in [-0.2, -0.15) is 18.3 Å². The summed E-state index contributed by atoms with van der Waals surface area (Å²) in [5.41, 5.74) is -0.862. The predicted octanol–water partition coefficient (Wildman–Crippen LogP) is 2.36. The number of aromatic nitrogens is 4. The lowest BCUT2D eigenvalue weighted by atomic mass is 10.1. The van der Waals surface area contributed by atoms with E-state index in [1.54, 1.807) is 7.05 Å². The van der Waals surface area contributed by atoms with Crippen molar-refractivity contribution < 1.29 is 13.2 Å². The molecule has 0 amide bonds. The number of hydrogen-bond acceptors (Lipinski definition) is 5. The van der Waals surface area contributed by atoms with Gasteiger partial charge in [0.2, 0.25) is 0 Å². The fourth-order valence-electron chi connectivity index (χ4n) is 2.62. The van der Waals surface area contributed by atoms with Gasteiger partial charge in [0.1, 0.15) is 16.7 Å². The number of aryl methyl sites for hydroxylation is 2. The number of nitrogens with one attached hydrogen (secondary N) is 2. The van der Waals surface area contributed by atoms with Crippen molar-refractivity contribution in [3.05, 3.63) is 27.7 Å². The molecule has 0 aliphatic carbocycles. The first-order chi connectivity index (χ1) is 11.8. The maximum atomic E-state index is 12.6. The van der Waals surface area contributed by atoms with Crippen LogP contribution in [0.3, 0.4) is 0 Å². The first-order valence-electron chi connectivity index (χ1n) is 7.74. The van der Waals surface area contributed by atoms with Gasteiger partial charge in [-0.3, -0.25) is 4.99 Å². The summed E-state index contributed by atoms with van der Waals surface area (Å²) in [5, 5.41) is 12.0. The molecule has 0 fully saturated rings. The Morgan fingerprint density at radius 1 is 1.42 bits per heavy atom. The van der Waals surface area contributed by atoms with Gasteiger partial charge in [-0.05, 0) is 13.3 Å². The Balaban J connectivity index is 0.00000243. The van der Waals surface area contributed by atoms with Gasteiger partial charge >= 0.3 is 6.18 Å². The highest BCUT2D eigenvalue weighted by molar-refractivity contribution is 14.0. The number of hydrogen-bond donors (Lipinski definition) is 2. The number of alkyl halides is 3. The van der Waals surface area contributed by atoms with Gasteiger partial charge in [0.15, 0.2) is 11.7 Å². The van der Waals surface area contributed by atoms with Crippen molar-refractivity contribution in [1.82, 2.24) is 30.4 Å². The zero-order valence-electron chi connectivity index (χ0n) is 14.2. The van der Waals surface area contributed by atoms with E-state index in [1.165, 1.54) is 0 Å². The van der Waals surface area contributed by atoms with E-state index >= 15 is 0 Å². The molecule has 1 unspecified atom stereocenters. The number of halogens is 4. The number of nitrogens with zero attached hydrogens (tertiary/aromatic N) is 5. The largest absolute Gasteiger partial charge is 0.434 e. The SMILES string of the molecule is CN=C(NCc1nc(C(F)(F)F)cs1)NC1CCc2nc(C)nn2C1.I. The fraction of sp³-hybridized carbons (Fsp3) is 0.571. The number of fused-ring (bicyclic) bond motifs is 1. The average Bonchev–Trinajstić information content (AvgIpc) is 3.16. The van der Waals surface area contributed by atoms with Crippen LogP contribution in [0.1, 0.15) is 28.8 Å². The standard InChI is InChI=1S/C14H18F3N7S.HI/c1-8-20-11-4-3-9(6-24(11)23-8)21-13(18-2)19-5-12-22-10(7-25-12)14(15,16)17;/h7,9H,3-6H2,1-2H3,(H2,18,19,21);1H. The van der Waals surface area contributed by atoms with Crippen molar-refractivity contribution in [2.75, 3.05) is 7.05 Å². The third-order valence-corrected chi connectivity index (χ3v) is 4.63. The highest BCUT2D eigenvalue weighted by Gasteiger charge is 2.33. The normalized spacial score (nSPS) is 17.4. The number of guanidine groups is 1. The highest BCUT2D eigenvalue weighted by atomic mass is 127. The van der Waals surface area contributed by atoms with Crippen LogP contribution in [-0.2, 0) is 25.7 Å². The number of thiazole rings is 1. The Hall–Kier alpha value is -1.44. The zero-order valence-corrected chi connectivity index (χ0v) is 17.3. The molecule has 2 aromatic heterocycles. The minimum Gasteiger partial charge on any atom is -0.352 e. The summed E-state index contributed by atoms with van der Waals surface area (Å²) in [7, 11) is 1.62. The van der Waals surface area contributed by atoms with Gasteiger partial charge in [0, 0.05) is 24.9 Å². The van der Waals surface area contributed by atoms with Crippen LogP contribution in [-0.4, -0.2) is 38.8 Å². The van der Waals surface area contributed by atoms with E-state index in [9.17, 15) is 13.2 Å². The Labute approximate surface area is 169 Å². The summed E-state index contributed by atoms with van der Waals surface area (Å²) in [6.07, 6.45) is -2.71. The molecule has 144 valence electrons. The number of aliphatic imine (C=N–C) groups is 1. The summed E-state index contributed by atoms with van der Waals surface area (Å²) in [4.78, 5) is 12.1. The second-order valence-electron chi connectivity index (χ2n) is 5.69. The minimum absolute atomic E-state index is 0. The lowest BCUT2D eigenvalue weighted by Crippen LogP contribution is -2.46. The maximum absolute atomic E-state index is 12.6. The van der Waals surface area contributed by atoms with Gasteiger partial charge < -0.3 is 10.6 Å². The summed E-state index contributed by atoms with van der Waals surface area (Å²) in [6, 6.07) is 0.127. The van der Waals surface area contributed by atoms with E-state index in [2.05, 4.69) is 30.7 Å². The molecule has 0 saturated carbocycles. The second kappa shape index (κ2) is 8.50. The van der Waals surface area contributed by atoms with Crippen LogP contribution in [0.15, 0.2) is 10.4 Å². The van der Waals surface area contributed by atoms with Crippen molar-refractivity contribution in [2.24, 2.45) is 4.99 Å². The molecule has 0 radical (unpaired) electrons. The topological polar surface area (TPSA) is 80.0 Å². The van der Waals surface area contributed by atoms with E-state index in [-0.39, 0.29) is 36.6 Å². The summed E-state index contributed by atoms with van der Waals surface area (Å²) in [6.45, 7) is 2.71. The first kappa shape index (κ1) is 20.9. The third kappa shape index (κ3) is 5.05. The monoisotopic (exact) mass is 501 g/mol. The minimum atomic E-state index is -4.41. The zero-order chi connectivity index (χ0) is 18.0. The first-order valence-corrected chi connectivity index (χ1v) is 8.62. The van der Waals surface area contributed by atoms with Crippen molar-refractivity contribution >= 4 is 41.3 Å². The van der Waals surface area contributed by atoms with Crippen LogP contribution in [0.2, 0.25) is 0 Å². The van der Waals surface area contributed by atoms with E-state index < -0.39 is 11.9 Å². The van der Waals surface area contributed by atoms with E-state index in [4.69, 9.17) is 0 Å². The molecule has 1 aliphatic rings. The highest BCUT2D eigenvalue weighted by Crippen LogP contribution is 2.29. The summed E-state index contributed by atoms with van der Waals surface area (Å²) >= 11 is 0.970. The number of rotatable bonds is 3. The Morgan fingerprint density at radius 3 is 2.85 bits per heavy atom. The van der Waals surface area contributed by atoms with Crippen molar-refractivity contribution in [1.29, 1.82) is 0 Å². The van der Waals surface area contributed by atoms with Crippen molar-refractivity contribution in [3.63, 3.8) is 0 Å². The van der Waals surface area contributed by atoms with Gasteiger partial charge in [-0.15, -0.1) is 35.3 Å². The summed E-state index contributed by atoms with van der Waals surface area (Å²) < 4.78 is 39.6. The summed E-state index contributed by atoms with van der Waals surface area (Å²) in [5.74, 6) is 2.25. The average molecular weight is 501 g/mol. The van der Waals surface area contributed by atoms with Crippen LogP contribution >= 0.6 is 35.3 Å². The Morgan fingerprint density at radius 2 is 2.19 bits per heavy atom. The molecule has 26 heavy (non-hydrogen) atoms. The molecule has 7 nitrogen and oxygen atoms in total. The molecular formula is C14H19F3IN7S. The van der Waals surface area contributed by atoms with E-state index in [1.807, 2.05) is 11.6 Å². The lowest BCUT2D eigenvalue weighted by molar-refractivity contribution is -0.140. The lowest BCUT2D eigenvalue weighted by Gasteiger charge is -2.25. The Bertz CT molecular complexity index is 771. The Kier molecular flexibility index (Phi) is 6.82. The van der Waals surface area contributed by atoms with Gasteiger partial charge in [-0.25, -0.2) is 14.6 Å². The van der Waals surface area contributed by atoms with E-state index in [0.717, 1.165) is 41.2 Å². The quantitative estimate of drug-likeness (QED) is 0.384. The van der Waals surface area contributed by atoms with Gasteiger partial charge in [0.05, 0.1) is 13.1 Å². The fourth-order valence-corrected chi connectivity index (χ4v) is 3.36. The molecule has 0 spiro atoms. The van der Waals surface area contributed by atoms with Crippen LogP contribution in [0.4, 0.5) is 13.2 Å². The van der Waals surface area contributed by atoms with Crippen molar-refractivity contribution in [3.8, 4) is 0 Å². The van der Waals surface area contributed by atoms with Crippen molar-refractivity contribution in [2.45, 2.75) is 45.1 Å². The second-order valence-corrected chi connectivity index (χ2v) is 6.63. The van der Waals surface area contributed by atoms with E-state index in [0.29, 0.717) is 17.5 Å². The molecule has 3 rings (SSSR count). The van der Waals surface area contributed by atoms with Crippen LogP contribution in [0.25, 0.3) is 0 Å². The predicted molar refractivity (Wildman–Crippen MR) is 103 cm³/mol. The molecule has 0 aromatic carbocycles. The molecule has 0 bridgehead atoms. The van der Waals surface area contributed by atoms with Gasteiger partial charge in [0.25, 0.3) is 0 Å². The molecule has 0 saturated heterocycles. The molecular weight excluding hydrogens is 482 g/mol. The smallest absolute Gasteiger partial charge is 0.352 e. The molecule has 3 heterocycles. The third-order valence-electron chi connectivity index (χ3n) is 3.78. The molecule has 1 aliphatic heterocycles. The maximum Gasteiger partial charge on any atom is 0.434 e. The molecule has 12 heteroatoms. The van der Waals surface area contributed by atoms with Gasteiger partial charge in [-0.1, -0.05) is 0 Å². The van der Waals surface area contributed by atoms with Crippen LogP contribution < -0.4 is 10.6 Å². The molecule has 2 aromatic rings.